The van der Waals surface area contributed by atoms with Crippen LogP contribution in [0.5, 0.6) is 11.5 Å². The monoisotopic (exact) mass is 487 g/mol. The van der Waals surface area contributed by atoms with Gasteiger partial charge in [0.05, 0.1) is 33.0 Å². The van der Waals surface area contributed by atoms with E-state index < -0.39 is 5.97 Å². The third kappa shape index (κ3) is 4.16. The largest absolute Gasteiger partial charge is 0.494 e. The van der Waals surface area contributed by atoms with Crippen LogP contribution in [-0.4, -0.2) is 49.1 Å². The lowest BCUT2D eigenvalue weighted by molar-refractivity contribution is 0.0254. The van der Waals surface area contributed by atoms with E-state index in [2.05, 4.69) is 11.1 Å². The SMILES string of the molecule is COC(=O)c1cc(OC)c(-c2cc3nccc(-c4ccc(OC5CCOCC5)c(C#N)c4)c3o2)n1C. The first kappa shape index (κ1) is 23.5. The number of hydrogen-bond acceptors (Lipinski definition) is 8. The molecule has 5 rings (SSSR count). The Labute approximate surface area is 207 Å². The van der Waals surface area contributed by atoms with E-state index in [1.165, 1.54) is 14.2 Å². The summed E-state index contributed by atoms with van der Waals surface area (Å²) in [5.74, 6) is 1.03. The fraction of sp³-hybridized carbons (Fsp3) is 0.296. The number of carbonyl (C=O) groups is 1. The number of ether oxygens (including phenoxy) is 4. The van der Waals surface area contributed by atoms with E-state index in [0.29, 0.717) is 58.5 Å². The van der Waals surface area contributed by atoms with Gasteiger partial charge in [0.25, 0.3) is 0 Å². The number of aromatic nitrogens is 2. The molecule has 4 aromatic rings. The molecular weight excluding hydrogens is 462 g/mol. The fourth-order valence-electron chi connectivity index (χ4n) is 4.46. The highest BCUT2D eigenvalue weighted by Crippen LogP contribution is 2.39. The standard InChI is InChI=1S/C27H25N3O6/c1-30-21(27(31)33-3)14-23(32-2)25(30)24-13-20-26(36-24)19(6-9-29-20)16-4-5-22(17(12-16)15-28)35-18-7-10-34-11-8-18/h4-6,9,12-14,18H,7-8,10-11H2,1-3H3. The van der Waals surface area contributed by atoms with E-state index in [4.69, 9.17) is 23.4 Å². The molecule has 0 N–H and O–H groups in total. The van der Waals surface area contributed by atoms with Crippen LogP contribution < -0.4 is 9.47 Å². The van der Waals surface area contributed by atoms with Gasteiger partial charge in [-0.15, -0.1) is 0 Å². The van der Waals surface area contributed by atoms with Crippen LogP contribution in [0.3, 0.4) is 0 Å². The van der Waals surface area contributed by atoms with Gasteiger partial charge >= 0.3 is 5.97 Å². The Morgan fingerprint density at radius 3 is 2.67 bits per heavy atom. The normalized spacial score (nSPS) is 13.9. The lowest BCUT2D eigenvalue weighted by atomic mass is 10.0. The Kier molecular flexibility index (Phi) is 6.36. The van der Waals surface area contributed by atoms with Gasteiger partial charge in [0.15, 0.2) is 11.3 Å². The molecule has 0 aliphatic carbocycles. The van der Waals surface area contributed by atoms with Crippen molar-refractivity contribution in [2.45, 2.75) is 18.9 Å². The Morgan fingerprint density at radius 2 is 1.94 bits per heavy atom. The second-order valence-corrected chi connectivity index (χ2v) is 8.43. The first-order valence-electron chi connectivity index (χ1n) is 11.5. The zero-order valence-corrected chi connectivity index (χ0v) is 20.2. The number of benzene rings is 1. The van der Waals surface area contributed by atoms with Crippen molar-refractivity contribution in [2.75, 3.05) is 27.4 Å². The molecule has 0 amide bonds. The maximum atomic E-state index is 12.2. The topological polar surface area (TPSA) is 109 Å². The van der Waals surface area contributed by atoms with Crippen LogP contribution in [-0.2, 0) is 16.5 Å². The summed E-state index contributed by atoms with van der Waals surface area (Å²) in [6.45, 7) is 1.32. The molecule has 9 heteroatoms. The summed E-state index contributed by atoms with van der Waals surface area (Å²) in [5.41, 5.74) is 4.12. The van der Waals surface area contributed by atoms with Crippen molar-refractivity contribution in [3.63, 3.8) is 0 Å². The zero-order chi connectivity index (χ0) is 25.2. The minimum absolute atomic E-state index is 0.0344. The van der Waals surface area contributed by atoms with Crippen LogP contribution in [0.2, 0.25) is 0 Å². The molecule has 4 heterocycles. The number of furan rings is 1. The minimum atomic E-state index is -0.482. The molecule has 0 unspecified atom stereocenters. The van der Waals surface area contributed by atoms with E-state index >= 15 is 0 Å². The second-order valence-electron chi connectivity index (χ2n) is 8.43. The first-order chi connectivity index (χ1) is 17.5. The lowest BCUT2D eigenvalue weighted by Crippen LogP contribution is -2.26. The number of fused-ring (bicyclic) bond motifs is 1. The molecule has 0 bridgehead atoms. The number of rotatable bonds is 6. The molecule has 1 aliphatic heterocycles. The molecule has 184 valence electrons. The fourth-order valence-corrected chi connectivity index (χ4v) is 4.46. The summed E-state index contributed by atoms with van der Waals surface area (Å²) in [5, 5.41) is 9.80. The average molecular weight is 488 g/mol. The molecule has 1 aliphatic rings. The van der Waals surface area contributed by atoms with E-state index in [1.54, 1.807) is 36.0 Å². The van der Waals surface area contributed by atoms with Crippen molar-refractivity contribution in [1.29, 1.82) is 5.26 Å². The van der Waals surface area contributed by atoms with Crippen molar-refractivity contribution in [1.82, 2.24) is 9.55 Å². The summed E-state index contributed by atoms with van der Waals surface area (Å²) in [4.78, 5) is 16.6. The molecule has 1 aromatic carbocycles. The van der Waals surface area contributed by atoms with E-state index in [0.717, 1.165) is 24.0 Å². The number of pyridine rings is 1. The molecule has 3 aromatic heterocycles. The molecule has 1 fully saturated rings. The van der Waals surface area contributed by atoms with Crippen LogP contribution in [0.15, 0.2) is 47.0 Å². The van der Waals surface area contributed by atoms with Gasteiger partial charge in [-0.1, -0.05) is 6.07 Å². The van der Waals surface area contributed by atoms with Crippen molar-refractivity contribution < 1.29 is 28.2 Å². The summed E-state index contributed by atoms with van der Waals surface area (Å²) in [6, 6.07) is 13.0. The highest BCUT2D eigenvalue weighted by atomic mass is 16.5. The molecule has 0 saturated carbocycles. The van der Waals surface area contributed by atoms with Crippen LogP contribution >= 0.6 is 0 Å². The zero-order valence-electron chi connectivity index (χ0n) is 20.2. The summed E-state index contributed by atoms with van der Waals surface area (Å²) in [6.07, 6.45) is 3.32. The Balaban J connectivity index is 1.55. The number of nitrogens with zero attached hydrogens (tertiary/aromatic N) is 3. The molecular formula is C27H25N3O6. The molecule has 0 spiro atoms. The Hall–Kier alpha value is -4.29. The van der Waals surface area contributed by atoms with Gasteiger partial charge < -0.3 is 27.9 Å². The van der Waals surface area contributed by atoms with Crippen molar-refractivity contribution in [2.24, 2.45) is 7.05 Å². The van der Waals surface area contributed by atoms with Crippen molar-refractivity contribution in [3.8, 4) is 40.1 Å². The van der Waals surface area contributed by atoms with E-state index in [9.17, 15) is 10.1 Å². The Morgan fingerprint density at radius 1 is 1.14 bits per heavy atom. The molecule has 0 atom stereocenters. The maximum Gasteiger partial charge on any atom is 0.354 e. The van der Waals surface area contributed by atoms with Crippen LogP contribution in [0, 0.1) is 11.3 Å². The van der Waals surface area contributed by atoms with Gasteiger partial charge in [-0.2, -0.15) is 5.26 Å². The highest BCUT2D eigenvalue weighted by Gasteiger charge is 2.24. The molecule has 36 heavy (non-hydrogen) atoms. The van der Waals surface area contributed by atoms with Crippen LogP contribution in [0.4, 0.5) is 0 Å². The van der Waals surface area contributed by atoms with Crippen molar-refractivity contribution in [3.05, 3.63) is 53.9 Å². The van der Waals surface area contributed by atoms with E-state index in [-0.39, 0.29) is 6.10 Å². The third-order valence-corrected chi connectivity index (χ3v) is 6.33. The maximum absolute atomic E-state index is 12.2. The number of methoxy groups -OCH3 is 2. The average Bonchev–Trinajstić information content (AvgIpc) is 3.49. The third-order valence-electron chi connectivity index (χ3n) is 6.33. The Bertz CT molecular complexity index is 1470. The smallest absolute Gasteiger partial charge is 0.354 e. The van der Waals surface area contributed by atoms with Gasteiger partial charge in [-0.25, -0.2) is 4.79 Å². The predicted molar refractivity (Wildman–Crippen MR) is 131 cm³/mol. The number of esters is 1. The first-order valence-corrected chi connectivity index (χ1v) is 11.5. The number of nitriles is 1. The van der Waals surface area contributed by atoms with Gasteiger partial charge in [0.1, 0.15) is 40.6 Å². The summed E-state index contributed by atoms with van der Waals surface area (Å²) >= 11 is 0. The highest BCUT2D eigenvalue weighted by molar-refractivity contribution is 5.94. The summed E-state index contributed by atoms with van der Waals surface area (Å²) < 4.78 is 29.8. The van der Waals surface area contributed by atoms with Crippen LogP contribution in [0.1, 0.15) is 28.9 Å². The van der Waals surface area contributed by atoms with Crippen molar-refractivity contribution >= 4 is 17.1 Å². The van der Waals surface area contributed by atoms with Gasteiger partial charge in [-0.05, 0) is 23.8 Å². The number of hydrogen-bond donors (Lipinski definition) is 0. The molecule has 9 nitrogen and oxygen atoms in total. The molecule has 0 radical (unpaired) electrons. The van der Waals surface area contributed by atoms with Gasteiger partial charge in [0.2, 0.25) is 0 Å². The lowest BCUT2D eigenvalue weighted by Gasteiger charge is -2.23. The van der Waals surface area contributed by atoms with Gasteiger partial charge in [0, 0.05) is 43.8 Å². The quantitative estimate of drug-likeness (QED) is 0.359. The van der Waals surface area contributed by atoms with E-state index in [1.807, 2.05) is 18.2 Å². The van der Waals surface area contributed by atoms with Crippen LogP contribution in [0.25, 0.3) is 33.7 Å². The van der Waals surface area contributed by atoms with Gasteiger partial charge in [-0.3, -0.25) is 4.98 Å². The number of carbonyl (C=O) groups excluding carboxylic acids is 1. The second kappa shape index (κ2) is 9.76. The molecule has 1 saturated heterocycles. The summed E-state index contributed by atoms with van der Waals surface area (Å²) in [7, 11) is 4.59. The minimum Gasteiger partial charge on any atom is -0.494 e. The predicted octanol–water partition coefficient (Wildman–Crippen LogP) is 4.72.